The maximum absolute atomic E-state index is 14.4. The first kappa shape index (κ1) is 16.6. The van der Waals surface area contributed by atoms with Crippen LogP contribution < -0.4 is 0 Å². The van der Waals surface area contributed by atoms with Gasteiger partial charge in [-0.25, -0.2) is 13.8 Å². The molecule has 3 nitrogen and oxygen atoms in total. The Morgan fingerprint density at radius 3 is 2.67 bits per heavy atom. The van der Waals surface area contributed by atoms with Gasteiger partial charge in [-0.2, -0.15) is 0 Å². The van der Waals surface area contributed by atoms with Crippen LogP contribution in [0.4, 0.5) is 8.78 Å². The highest BCUT2D eigenvalue weighted by Gasteiger charge is 2.29. The van der Waals surface area contributed by atoms with E-state index in [-0.39, 0.29) is 11.7 Å². The second-order valence-corrected chi connectivity index (χ2v) is 7.61. The smallest absolute Gasteiger partial charge is 0.229 e. The van der Waals surface area contributed by atoms with E-state index in [4.69, 9.17) is 4.42 Å². The van der Waals surface area contributed by atoms with Gasteiger partial charge in [0.2, 0.25) is 5.89 Å². The average molecular weight is 366 g/mol. The summed E-state index contributed by atoms with van der Waals surface area (Å²) in [6, 6.07) is 8.39. The molecule has 0 spiro atoms. The summed E-state index contributed by atoms with van der Waals surface area (Å²) < 4.78 is 33.5. The van der Waals surface area contributed by atoms with Crippen LogP contribution in [-0.4, -0.2) is 9.97 Å². The molecule has 1 saturated carbocycles. The summed E-state index contributed by atoms with van der Waals surface area (Å²) in [6.45, 7) is 0. The van der Waals surface area contributed by atoms with E-state index in [0.717, 1.165) is 61.2 Å². The standard InChI is InChI=1S/C22H20F2N2O/c23-16-8-4-13(5-9-16)10-15-2-1-3-20-21(15)26-22(27-20)17-11-19(14-6-7-14)25-12-18(17)24/h4-5,8-9,11-12,14-15H,1-3,6-7,10H2. The van der Waals surface area contributed by atoms with Crippen LogP contribution in [0.15, 0.2) is 40.9 Å². The fraction of sp³-hybridized carbons (Fsp3) is 0.364. The predicted octanol–water partition coefficient (Wildman–Crippen LogP) is 5.55. The Bertz CT molecular complexity index is 976. The third-order valence-corrected chi connectivity index (χ3v) is 5.57. The molecule has 0 saturated heterocycles. The van der Waals surface area contributed by atoms with Crippen molar-refractivity contribution in [2.75, 3.05) is 0 Å². The topological polar surface area (TPSA) is 38.9 Å². The molecular weight excluding hydrogens is 346 g/mol. The van der Waals surface area contributed by atoms with E-state index in [0.29, 0.717) is 17.4 Å². The predicted molar refractivity (Wildman–Crippen MR) is 97.5 cm³/mol. The van der Waals surface area contributed by atoms with Gasteiger partial charge in [-0.15, -0.1) is 0 Å². The van der Waals surface area contributed by atoms with E-state index in [9.17, 15) is 8.78 Å². The molecule has 2 heterocycles. The van der Waals surface area contributed by atoms with Gasteiger partial charge in [0.15, 0.2) is 5.82 Å². The third kappa shape index (κ3) is 3.27. The van der Waals surface area contributed by atoms with Crippen molar-refractivity contribution in [2.24, 2.45) is 0 Å². The van der Waals surface area contributed by atoms with Gasteiger partial charge in [0.25, 0.3) is 0 Å². The minimum atomic E-state index is -0.395. The molecule has 0 radical (unpaired) electrons. The van der Waals surface area contributed by atoms with Gasteiger partial charge in [-0.1, -0.05) is 12.1 Å². The number of benzene rings is 1. The first-order valence-corrected chi connectivity index (χ1v) is 9.57. The normalized spacial score (nSPS) is 19.1. The second-order valence-electron chi connectivity index (χ2n) is 7.61. The molecule has 2 aromatic heterocycles. The van der Waals surface area contributed by atoms with Gasteiger partial charge in [0.05, 0.1) is 17.5 Å². The Kier molecular flexibility index (Phi) is 4.03. The number of hydrogen-bond donors (Lipinski definition) is 0. The lowest BCUT2D eigenvalue weighted by Crippen LogP contribution is -2.11. The van der Waals surface area contributed by atoms with E-state index in [1.807, 2.05) is 12.1 Å². The van der Waals surface area contributed by atoms with Crippen LogP contribution in [0.1, 0.15) is 60.2 Å². The maximum Gasteiger partial charge on any atom is 0.229 e. The first-order valence-electron chi connectivity index (χ1n) is 9.57. The number of rotatable bonds is 4. The largest absolute Gasteiger partial charge is 0.441 e. The Hall–Kier alpha value is -2.56. The molecule has 0 amide bonds. The van der Waals surface area contributed by atoms with E-state index in [1.165, 1.54) is 18.3 Å². The summed E-state index contributed by atoms with van der Waals surface area (Å²) in [5, 5.41) is 0. The maximum atomic E-state index is 14.4. The average Bonchev–Trinajstić information content (AvgIpc) is 3.43. The fourth-order valence-electron chi connectivity index (χ4n) is 3.95. The van der Waals surface area contributed by atoms with Crippen molar-refractivity contribution in [2.45, 2.75) is 50.4 Å². The molecule has 0 bridgehead atoms. The van der Waals surface area contributed by atoms with Crippen LogP contribution in [0.2, 0.25) is 0 Å². The molecule has 1 atom stereocenters. The SMILES string of the molecule is Fc1ccc(CC2CCCc3oc(-c4cc(C5CC5)ncc4F)nc32)cc1. The molecule has 2 aliphatic rings. The molecular formula is C22H20F2N2O. The molecule has 0 N–H and O–H groups in total. The Morgan fingerprint density at radius 2 is 1.89 bits per heavy atom. The van der Waals surface area contributed by atoms with Gasteiger partial charge in [0.1, 0.15) is 11.6 Å². The highest BCUT2D eigenvalue weighted by molar-refractivity contribution is 5.55. The quantitative estimate of drug-likeness (QED) is 0.607. The summed E-state index contributed by atoms with van der Waals surface area (Å²) in [6.07, 6.45) is 7.12. The Balaban J connectivity index is 1.47. The van der Waals surface area contributed by atoms with Crippen molar-refractivity contribution < 1.29 is 13.2 Å². The molecule has 2 aliphatic carbocycles. The van der Waals surface area contributed by atoms with Crippen molar-refractivity contribution >= 4 is 0 Å². The minimum Gasteiger partial charge on any atom is -0.441 e. The zero-order chi connectivity index (χ0) is 18.4. The van der Waals surface area contributed by atoms with Gasteiger partial charge < -0.3 is 4.42 Å². The number of halogens is 2. The van der Waals surface area contributed by atoms with Gasteiger partial charge in [-0.3, -0.25) is 4.98 Å². The summed E-state index contributed by atoms with van der Waals surface area (Å²) in [5.41, 5.74) is 3.32. The van der Waals surface area contributed by atoms with Gasteiger partial charge in [0, 0.05) is 24.0 Å². The second kappa shape index (κ2) is 6.55. The molecule has 5 heteroatoms. The van der Waals surface area contributed by atoms with E-state index < -0.39 is 5.82 Å². The number of hydrogen-bond acceptors (Lipinski definition) is 3. The van der Waals surface area contributed by atoms with Crippen molar-refractivity contribution in [3.63, 3.8) is 0 Å². The zero-order valence-electron chi connectivity index (χ0n) is 14.9. The summed E-state index contributed by atoms with van der Waals surface area (Å²) in [5.74, 6) is 1.24. The lowest BCUT2D eigenvalue weighted by molar-refractivity contribution is 0.453. The number of fused-ring (bicyclic) bond motifs is 1. The van der Waals surface area contributed by atoms with Crippen molar-refractivity contribution in [3.05, 3.63) is 70.9 Å². The molecule has 1 aromatic carbocycles. The number of aryl methyl sites for hydroxylation is 1. The summed E-state index contributed by atoms with van der Waals surface area (Å²) in [4.78, 5) is 8.90. The van der Waals surface area contributed by atoms with Crippen LogP contribution in [0.5, 0.6) is 0 Å². The summed E-state index contributed by atoms with van der Waals surface area (Å²) >= 11 is 0. The van der Waals surface area contributed by atoms with Gasteiger partial charge in [-0.05, 0) is 55.9 Å². The van der Waals surface area contributed by atoms with E-state index in [2.05, 4.69) is 9.97 Å². The lowest BCUT2D eigenvalue weighted by Gasteiger charge is -2.20. The van der Waals surface area contributed by atoms with Gasteiger partial charge >= 0.3 is 0 Å². The Morgan fingerprint density at radius 1 is 1.07 bits per heavy atom. The van der Waals surface area contributed by atoms with Crippen LogP contribution in [0, 0.1) is 11.6 Å². The van der Waals surface area contributed by atoms with Crippen molar-refractivity contribution in [1.82, 2.24) is 9.97 Å². The Labute approximate surface area is 156 Å². The third-order valence-electron chi connectivity index (χ3n) is 5.57. The molecule has 27 heavy (non-hydrogen) atoms. The van der Waals surface area contributed by atoms with Crippen LogP contribution >= 0.6 is 0 Å². The highest BCUT2D eigenvalue weighted by Crippen LogP contribution is 2.41. The first-order chi connectivity index (χ1) is 13.2. The van der Waals surface area contributed by atoms with E-state index in [1.54, 1.807) is 6.07 Å². The van der Waals surface area contributed by atoms with Crippen LogP contribution in [-0.2, 0) is 12.8 Å². The fourth-order valence-corrected chi connectivity index (χ4v) is 3.95. The zero-order valence-corrected chi connectivity index (χ0v) is 14.9. The highest BCUT2D eigenvalue weighted by atomic mass is 19.1. The van der Waals surface area contributed by atoms with Crippen molar-refractivity contribution in [1.29, 1.82) is 0 Å². The molecule has 3 aromatic rings. The number of pyridine rings is 1. The minimum absolute atomic E-state index is 0.213. The molecule has 138 valence electrons. The molecule has 5 rings (SSSR count). The van der Waals surface area contributed by atoms with Crippen LogP contribution in [0.3, 0.4) is 0 Å². The molecule has 0 aliphatic heterocycles. The van der Waals surface area contributed by atoms with Crippen LogP contribution in [0.25, 0.3) is 11.5 Å². The number of nitrogens with zero attached hydrogens (tertiary/aromatic N) is 2. The monoisotopic (exact) mass is 366 g/mol. The number of aromatic nitrogens is 2. The van der Waals surface area contributed by atoms with E-state index >= 15 is 0 Å². The molecule has 1 unspecified atom stereocenters. The lowest BCUT2D eigenvalue weighted by atomic mass is 9.86. The van der Waals surface area contributed by atoms with Crippen molar-refractivity contribution in [3.8, 4) is 11.5 Å². The number of oxazole rings is 1. The summed E-state index contributed by atoms with van der Waals surface area (Å²) in [7, 11) is 0. The molecule has 1 fully saturated rings.